The number of aromatic amines is 1. The summed E-state index contributed by atoms with van der Waals surface area (Å²) in [7, 11) is -6.33. The third-order valence-electron chi connectivity index (χ3n) is 4.49. The van der Waals surface area contributed by atoms with Crippen molar-refractivity contribution in [1.82, 2.24) is 14.5 Å². The summed E-state index contributed by atoms with van der Waals surface area (Å²) in [6.07, 6.45) is -3.18. The molecule has 2 aromatic rings. The fourth-order valence-corrected chi connectivity index (χ4v) is 3.72. The molecule has 4 unspecified atom stereocenters. The van der Waals surface area contributed by atoms with Gasteiger partial charge < -0.3 is 53.8 Å². The fraction of sp³-hybridized carbons (Fsp3) is 0.500. The number of hydrogen-bond donors (Lipinski definition) is 6. The Morgan fingerprint density at radius 2 is 1.88 bits per heavy atom. The predicted octanol–water partition coefficient (Wildman–Crippen LogP) is -1.45. The number of carboxylic acid groups (broad SMARTS) is 1. The monoisotopic (exact) mass is 587 g/mol. The molecule has 33 heavy (non-hydrogen) atoms. The summed E-state index contributed by atoms with van der Waals surface area (Å²) in [6, 6.07) is 1.50. The number of nitrogens with one attached hydrogen (secondary N) is 1. The van der Waals surface area contributed by atoms with Crippen LogP contribution in [0.3, 0.4) is 0 Å². The summed E-state index contributed by atoms with van der Waals surface area (Å²) in [4.78, 5) is 52.7. The van der Waals surface area contributed by atoms with Crippen LogP contribution in [0.4, 0.5) is 5.82 Å². The van der Waals surface area contributed by atoms with Gasteiger partial charge in [-0.3, -0.25) is 18.7 Å². The number of nitrogen functional groups attached to an aromatic ring is 1. The average molecular weight is 587 g/mol. The van der Waals surface area contributed by atoms with Crippen molar-refractivity contribution in [1.29, 1.82) is 0 Å². The number of rotatable bonds is 6. The Kier molecular flexibility index (Phi) is 10.3. The van der Waals surface area contributed by atoms with Crippen LogP contribution in [0.15, 0.2) is 17.2 Å². The molecule has 7 N–H and O–H groups in total. The number of nitrogens with zero attached hydrogens (tertiary/aromatic N) is 2. The molecule has 0 spiro atoms. The van der Waals surface area contributed by atoms with Gasteiger partial charge in [0.1, 0.15) is 24.1 Å². The van der Waals surface area contributed by atoms with E-state index in [9.17, 15) is 14.2 Å². The van der Waals surface area contributed by atoms with Crippen LogP contribution < -0.4 is 11.3 Å². The Hall–Kier alpha value is -1.03. The maximum Gasteiger partial charge on any atom is 0.316 e. The van der Waals surface area contributed by atoms with Crippen LogP contribution in [0.1, 0.15) is 12.6 Å². The minimum Gasteiger partial charge on any atom is -0.481 e. The van der Waals surface area contributed by atoms with E-state index in [1.807, 2.05) is 0 Å². The van der Waals surface area contributed by atoms with E-state index in [-0.39, 0.29) is 57.1 Å². The van der Waals surface area contributed by atoms with Gasteiger partial charge in [0.25, 0.3) is 5.56 Å². The number of fused-ring (bicyclic) bond motifs is 2. The molecular formula is C14H20N4O12P2Y. The first-order valence-corrected chi connectivity index (χ1v) is 11.4. The van der Waals surface area contributed by atoms with Gasteiger partial charge in [0, 0.05) is 38.8 Å². The number of nitrogens with two attached hydrogens (primary N) is 1. The first kappa shape index (κ1) is 28.2. The van der Waals surface area contributed by atoms with Crippen molar-refractivity contribution in [3.8, 4) is 0 Å². The molecule has 2 aliphatic heterocycles. The van der Waals surface area contributed by atoms with Crippen molar-refractivity contribution in [3.63, 3.8) is 0 Å². The van der Waals surface area contributed by atoms with Gasteiger partial charge in [-0.25, -0.2) is 4.98 Å². The van der Waals surface area contributed by atoms with Crippen LogP contribution in [0, 0.1) is 0 Å². The molecule has 0 saturated carbocycles. The average Bonchev–Trinajstić information content (AvgIpc) is 3.32. The van der Waals surface area contributed by atoms with Crippen molar-refractivity contribution >= 4 is 39.3 Å². The second-order valence-electron chi connectivity index (χ2n) is 6.59. The van der Waals surface area contributed by atoms with E-state index < -0.39 is 58.9 Å². The Bertz CT molecular complexity index is 1090. The minimum atomic E-state index is -3.20. The molecule has 1 radical (unpaired) electrons. The summed E-state index contributed by atoms with van der Waals surface area (Å²) in [5, 5.41) is 8.98. The Morgan fingerprint density at radius 3 is 2.48 bits per heavy atom. The van der Waals surface area contributed by atoms with Gasteiger partial charge in [-0.05, 0) is 0 Å². The first-order chi connectivity index (χ1) is 15.1. The van der Waals surface area contributed by atoms with E-state index in [2.05, 4.69) is 9.97 Å². The smallest absolute Gasteiger partial charge is 0.316 e. The van der Waals surface area contributed by atoms with Gasteiger partial charge in [0.05, 0.1) is 24.9 Å². The van der Waals surface area contributed by atoms with Crippen LogP contribution in [-0.4, -0.2) is 71.5 Å². The fourth-order valence-electron chi connectivity index (χ4n) is 3.42. The molecule has 0 aromatic carbocycles. The van der Waals surface area contributed by atoms with Gasteiger partial charge in [-0.2, -0.15) is 0 Å². The van der Waals surface area contributed by atoms with E-state index in [0.29, 0.717) is 5.52 Å². The summed E-state index contributed by atoms with van der Waals surface area (Å²) in [5.74, 6) is -0.983. The van der Waals surface area contributed by atoms with E-state index in [0.717, 1.165) is 0 Å². The molecule has 0 aliphatic carbocycles. The van der Waals surface area contributed by atoms with Crippen LogP contribution in [0.25, 0.3) is 11.0 Å². The van der Waals surface area contributed by atoms with E-state index >= 15 is 0 Å². The number of carboxylic acids is 1. The molecule has 181 valence electrons. The van der Waals surface area contributed by atoms with Gasteiger partial charge >= 0.3 is 22.5 Å². The van der Waals surface area contributed by atoms with Gasteiger partial charge in [-0.15, -0.1) is 0 Å². The molecule has 4 heterocycles. The third kappa shape index (κ3) is 6.99. The zero-order valence-corrected chi connectivity index (χ0v) is 21.4. The van der Waals surface area contributed by atoms with Crippen molar-refractivity contribution in [2.45, 2.75) is 37.3 Å². The number of imidazole rings is 1. The standard InChI is InChI=1S/C14H17N4O9P.H3O3P.Y/c15-7-1-5-10(13(21)17-7)16-4-18(5)14-12-11(6(25-14)3-24-28(22)23)26-9(27-12)2-8(19)20;1-4(2)3;/h1,4,6,9,11-12,14,28H,2-3H2,(H,19,20)(H,22,23)(H3,15,17,21);4H,(H2,1,2,3);/t6-,9?,11?,12?,14-;;/m1../s1. The van der Waals surface area contributed by atoms with Crippen molar-refractivity contribution in [3.05, 3.63) is 22.7 Å². The molecule has 2 fully saturated rings. The van der Waals surface area contributed by atoms with Crippen molar-refractivity contribution in [2.24, 2.45) is 0 Å². The van der Waals surface area contributed by atoms with E-state index in [1.54, 1.807) is 0 Å². The molecule has 2 saturated heterocycles. The zero-order valence-electron chi connectivity index (χ0n) is 16.6. The van der Waals surface area contributed by atoms with E-state index in [1.165, 1.54) is 17.0 Å². The SMILES string of the molecule is Nc1cc2c(ncn2[C@@H]2O[C@H](CO[PH](=O)O)C3OC(CC(=O)O)OC32)c(=O)[nH]1.O=[PH](O)O.[Y]. The van der Waals surface area contributed by atoms with Crippen LogP contribution in [0.2, 0.25) is 0 Å². The molecule has 16 nitrogen and oxygen atoms in total. The number of anilines is 1. The molecule has 2 aromatic heterocycles. The second kappa shape index (κ2) is 12.1. The normalized spacial score (nSPS) is 27.0. The Labute approximate surface area is 210 Å². The quantitative estimate of drug-likeness (QED) is 0.212. The zero-order chi connectivity index (χ0) is 23.6. The number of pyridine rings is 1. The maximum absolute atomic E-state index is 12.0. The first-order valence-electron chi connectivity index (χ1n) is 8.88. The summed E-state index contributed by atoms with van der Waals surface area (Å²) in [6.45, 7) is -0.259. The minimum absolute atomic E-state index is 0. The predicted molar refractivity (Wildman–Crippen MR) is 105 cm³/mol. The summed E-state index contributed by atoms with van der Waals surface area (Å²) >= 11 is 0. The second-order valence-corrected chi connectivity index (χ2v) is 7.98. The third-order valence-corrected chi connectivity index (χ3v) is 4.90. The molecule has 0 amide bonds. The largest absolute Gasteiger partial charge is 0.481 e. The topological polar surface area (TPSA) is 246 Å². The molecule has 4 rings (SSSR count). The number of H-pyrrole nitrogens is 1. The number of aromatic nitrogens is 3. The Balaban J connectivity index is 0.000000714. The van der Waals surface area contributed by atoms with Crippen LogP contribution in [-0.2, 0) is 65.4 Å². The number of carbonyl (C=O) groups is 1. The van der Waals surface area contributed by atoms with Gasteiger partial charge in [-0.1, -0.05) is 0 Å². The van der Waals surface area contributed by atoms with E-state index in [4.69, 9.17) is 48.8 Å². The number of aliphatic carboxylic acids is 1. The van der Waals surface area contributed by atoms with Crippen LogP contribution in [0.5, 0.6) is 0 Å². The molecule has 19 heteroatoms. The van der Waals surface area contributed by atoms with Gasteiger partial charge in [0.2, 0.25) is 0 Å². The molecule has 0 bridgehead atoms. The number of hydrogen-bond acceptors (Lipinski definition) is 10. The maximum atomic E-state index is 12.0. The number of ether oxygens (including phenoxy) is 3. The van der Waals surface area contributed by atoms with Crippen molar-refractivity contribution in [2.75, 3.05) is 12.3 Å². The Morgan fingerprint density at radius 1 is 1.24 bits per heavy atom. The summed E-state index contributed by atoms with van der Waals surface area (Å²) < 4.78 is 43.1. The summed E-state index contributed by atoms with van der Waals surface area (Å²) in [5.41, 5.74) is 5.74. The molecule has 6 atom stereocenters. The van der Waals surface area contributed by atoms with Crippen molar-refractivity contribution < 1.29 is 85.2 Å². The molecule has 2 aliphatic rings. The van der Waals surface area contributed by atoms with Crippen LogP contribution >= 0.6 is 16.5 Å². The molecular weight excluding hydrogens is 567 g/mol. The van der Waals surface area contributed by atoms with Gasteiger partial charge in [0.15, 0.2) is 18.0 Å².